The van der Waals surface area contributed by atoms with Crippen LogP contribution in [0.25, 0.3) is 0 Å². The second-order valence-corrected chi connectivity index (χ2v) is 5.69. The Morgan fingerprint density at radius 2 is 1.90 bits per heavy atom. The van der Waals surface area contributed by atoms with E-state index in [9.17, 15) is 4.39 Å². The van der Waals surface area contributed by atoms with E-state index in [1.165, 1.54) is 11.6 Å². The van der Waals surface area contributed by atoms with Crippen LogP contribution in [-0.4, -0.2) is 13.1 Å². The number of hydrogen-bond acceptors (Lipinski definition) is 1. The van der Waals surface area contributed by atoms with Crippen LogP contribution in [0.5, 0.6) is 0 Å². The van der Waals surface area contributed by atoms with Crippen LogP contribution in [0.1, 0.15) is 30.4 Å². The predicted molar refractivity (Wildman–Crippen MR) is 87.5 cm³/mol. The fourth-order valence-electron chi connectivity index (χ4n) is 2.44. The highest BCUT2D eigenvalue weighted by Gasteiger charge is 2.14. The Balaban J connectivity index is 2.15. The zero-order valence-corrected chi connectivity index (χ0v) is 13.0. The van der Waals surface area contributed by atoms with Crippen LogP contribution in [0.2, 0.25) is 5.02 Å². The van der Waals surface area contributed by atoms with E-state index >= 15 is 0 Å². The van der Waals surface area contributed by atoms with E-state index in [4.69, 9.17) is 11.6 Å². The van der Waals surface area contributed by atoms with Gasteiger partial charge in [-0.05, 0) is 42.6 Å². The van der Waals surface area contributed by atoms with E-state index in [1.807, 2.05) is 18.2 Å². The molecule has 1 unspecified atom stereocenters. The molecule has 112 valence electrons. The molecule has 0 aromatic heterocycles. The molecule has 1 atom stereocenters. The molecule has 0 saturated heterocycles. The Hall–Kier alpha value is -1.38. The predicted octanol–water partition coefficient (Wildman–Crippen LogP) is 4.81. The Bertz CT molecular complexity index is 556. The topological polar surface area (TPSA) is 12.0 Å². The summed E-state index contributed by atoms with van der Waals surface area (Å²) in [5.41, 5.74) is 1.95. The highest BCUT2D eigenvalue weighted by Crippen LogP contribution is 2.23. The molecule has 0 spiro atoms. The smallest absolute Gasteiger partial charge is 0.127 e. The minimum atomic E-state index is -0.223. The molecule has 0 aliphatic carbocycles. The molecule has 0 heterocycles. The zero-order valence-electron chi connectivity index (χ0n) is 12.3. The molecule has 0 aliphatic heterocycles. The molecular weight excluding hydrogens is 285 g/mol. The van der Waals surface area contributed by atoms with E-state index in [1.54, 1.807) is 12.1 Å². The number of hydrogen-bond donors (Lipinski definition) is 1. The van der Waals surface area contributed by atoms with Gasteiger partial charge >= 0.3 is 0 Å². The molecule has 0 saturated carbocycles. The van der Waals surface area contributed by atoms with E-state index in [2.05, 4.69) is 24.4 Å². The average molecular weight is 306 g/mol. The summed E-state index contributed by atoms with van der Waals surface area (Å²) in [6, 6.07) is 15.2. The first-order valence-corrected chi connectivity index (χ1v) is 7.78. The van der Waals surface area contributed by atoms with Crippen molar-refractivity contribution < 1.29 is 4.39 Å². The minimum Gasteiger partial charge on any atom is -0.316 e. The highest BCUT2D eigenvalue weighted by atomic mass is 35.5. The van der Waals surface area contributed by atoms with Crippen LogP contribution in [0.15, 0.2) is 48.5 Å². The van der Waals surface area contributed by atoms with Crippen LogP contribution in [0.4, 0.5) is 4.39 Å². The third kappa shape index (κ3) is 4.83. The van der Waals surface area contributed by atoms with Gasteiger partial charge in [-0.25, -0.2) is 4.39 Å². The Morgan fingerprint density at radius 1 is 1.14 bits per heavy atom. The van der Waals surface area contributed by atoms with Gasteiger partial charge in [-0.1, -0.05) is 54.9 Å². The van der Waals surface area contributed by atoms with Gasteiger partial charge in [-0.15, -0.1) is 0 Å². The molecule has 0 bridgehead atoms. The maximum atomic E-state index is 14.0. The van der Waals surface area contributed by atoms with Gasteiger partial charge in [0.15, 0.2) is 0 Å². The number of rotatable bonds is 7. The van der Waals surface area contributed by atoms with Gasteiger partial charge in [-0.3, -0.25) is 0 Å². The lowest BCUT2D eigenvalue weighted by Crippen LogP contribution is -2.24. The molecule has 0 radical (unpaired) electrons. The summed E-state index contributed by atoms with van der Waals surface area (Å²) in [6.45, 7) is 3.97. The minimum absolute atomic E-state index is 0.223. The van der Waals surface area contributed by atoms with Crippen molar-refractivity contribution in [2.75, 3.05) is 13.1 Å². The van der Waals surface area contributed by atoms with Crippen molar-refractivity contribution in [3.63, 3.8) is 0 Å². The Kier molecular flexibility index (Phi) is 6.21. The fourth-order valence-corrected chi connectivity index (χ4v) is 2.60. The number of halogens is 2. The lowest BCUT2D eigenvalue weighted by atomic mass is 9.91. The first-order chi connectivity index (χ1) is 10.2. The summed E-state index contributed by atoms with van der Waals surface area (Å²) in [4.78, 5) is 0. The first-order valence-electron chi connectivity index (χ1n) is 7.40. The van der Waals surface area contributed by atoms with E-state index in [0.717, 1.165) is 19.5 Å². The van der Waals surface area contributed by atoms with E-state index in [-0.39, 0.29) is 11.7 Å². The lowest BCUT2D eigenvalue weighted by molar-refractivity contribution is 0.553. The Labute approximate surface area is 131 Å². The second kappa shape index (κ2) is 8.16. The van der Waals surface area contributed by atoms with E-state index in [0.29, 0.717) is 17.0 Å². The fraction of sp³-hybridized carbons (Fsp3) is 0.333. The average Bonchev–Trinajstić information content (AvgIpc) is 2.49. The van der Waals surface area contributed by atoms with Crippen LogP contribution < -0.4 is 5.32 Å². The van der Waals surface area contributed by atoms with Gasteiger partial charge < -0.3 is 5.32 Å². The Morgan fingerprint density at radius 3 is 2.57 bits per heavy atom. The number of nitrogens with one attached hydrogen (secondary N) is 1. The van der Waals surface area contributed by atoms with Gasteiger partial charge in [0.05, 0.1) is 0 Å². The first kappa shape index (κ1) is 16.0. The van der Waals surface area contributed by atoms with Crippen LogP contribution >= 0.6 is 11.6 Å². The van der Waals surface area contributed by atoms with Crippen molar-refractivity contribution >= 4 is 11.6 Å². The molecule has 1 nitrogen and oxygen atoms in total. The lowest BCUT2D eigenvalue weighted by Gasteiger charge is -2.19. The highest BCUT2D eigenvalue weighted by molar-refractivity contribution is 6.30. The molecule has 1 N–H and O–H groups in total. The molecular formula is C18H21ClFN. The largest absolute Gasteiger partial charge is 0.316 e. The van der Waals surface area contributed by atoms with Gasteiger partial charge in [0.1, 0.15) is 5.82 Å². The summed E-state index contributed by atoms with van der Waals surface area (Å²) in [5.74, 6) is 0.0346. The molecule has 0 fully saturated rings. The summed E-state index contributed by atoms with van der Waals surface area (Å²) >= 11 is 5.82. The van der Waals surface area contributed by atoms with Crippen molar-refractivity contribution in [3.05, 3.63) is 70.5 Å². The standard InChI is InChI=1S/C18H21ClFN/c1-2-10-21-13-16(14-6-4-3-5-7-14)11-15-8-9-17(19)12-18(15)20/h3-9,12,16,21H,2,10-11,13H2,1H3. The van der Waals surface area contributed by atoms with Crippen molar-refractivity contribution in [3.8, 4) is 0 Å². The monoisotopic (exact) mass is 305 g/mol. The number of benzene rings is 2. The van der Waals surface area contributed by atoms with Crippen LogP contribution in [-0.2, 0) is 6.42 Å². The summed E-state index contributed by atoms with van der Waals surface area (Å²) in [7, 11) is 0. The molecule has 2 aromatic rings. The molecule has 2 rings (SSSR count). The molecule has 3 heteroatoms. The van der Waals surface area contributed by atoms with Crippen molar-refractivity contribution in [1.82, 2.24) is 5.32 Å². The normalized spacial score (nSPS) is 12.3. The molecule has 0 amide bonds. The maximum absolute atomic E-state index is 14.0. The maximum Gasteiger partial charge on any atom is 0.127 e. The summed E-state index contributed by atoms with van der Waals surface area (Å²) < 4.78 is 14.0. The van der Waals surface area contributed by atoms with Crippen molar-refractivity contribution in [2.24, 2.45) is 0 Å². The van der Waals surface area contributed by atoms with Gasteiger partial charge in [0.25, 0.3) is 0 Å². The molecule has 21 heavy (non-hydrogen) atoms. The van der Waals surface area contributed by atoms with Crippen LogP contribution in [0.3, 0.4) is 0 Å². The SMILES string of the molecule is CCCNCC(Cc1ccc(Cl)cc1F)c1ccccc1. The summed E-state index contributed by atoms with van der Waals surface area (Å²) in [5, 5.41) is 3.88. The zero-order chi connectivity index (χ0) is 15.1. The van der Waals surface area contributed by atoms with Crippen LogP contribution in [0, 0.1) is 5.82 Å². The van der Waals surface area contributed by atoms with Crippen molar-refractivity contribution in [2.45, 2.75) is 25.7 Å². The third-order valence-electron chi connectivity index (χ3n) is 3.57. The van der Waals surface area contributed by atoms with Gasteiger partial charge in [-0.2, -0.15) is 0 Å². The quantitative estimate of drug-likeness (QED) is 0.724. The van der Waals surface area contributed by atoms with Gasteiger partial charge in [0.2, 0.25) is 0 Å². The molecule has 2 aromatic carbocycles. The summed E-state index contributed by atoms with van der Waals surface area (Å²) in [6.07, 6.45) is 1.76. The van der Waals surface area contributed by atoms with Gasteiger partial charge in [0, 0.05) is 17.5 Å². The van der Waals surface area contributed by atoms with E-state index < -0.39 is 0 Å². The third-order valence-corrected chi connectivity index (χ3v) is 3.81. The molecule has 0 aliphatic rings. The van der Waals surface area contributed by atoms with Crippen molar-refractivity contribution in [1.29, 1.82) is 0 Å². The second-order valence-electron chi connectivity index (χ2n) is 5.25.